The summed E-state index contributed by atoms with van der Waals surface area (Å²) in [5, 5.41) is 0. The first-order chi connectivity index (χ1) is 6.68. The third-order valence-electron chi connectivity index (χ3n) is 3.56. The van der Waals surface area contributed by atoms with E-state index in [0.717, 1.165) is 19.3 Å². The zero-order valence-corrected chi connectivity index (χ0v) is 9.35. The first-order valence-electron chi connectivity index (χ1n) is 5.10. The van der Waals surface area contributed by atoms with Crippen molar-refractivity contribution in [3.8, 4) is 0 Å². The second kappa shape index (κ2) is 2.90. The molecule has 0 spiro atoms. The van der Waals surface area contributed by atoms with Gasteiger partial charge in [-0.15, -0.1) is 23.2 Å². The van der Waals surface area contributed by atoms with Crippen LogP contribution in [-0.2, 0) is 0 Å². The van der Waals surface area contributed by atoms with Gasteiger partial charge in [0, 0.05) is 11.8 Å². The van der Waals surface area contributed by atoms with Crippen LogP contribution in [0.15, 0.2) is 35.5 Å². The lowest BCUT2D eigenvalue weighted by atomic mass is 10.0. The van der Waals surface area contributed by atoms with Crippen LogP contribution in [0, 0.1) is 11.8 Å². The number of hydrogen-bond donors (Lipinski definition) is 0. The quantitative estimate of drug-likeness (QED) is 0.548. The van der Waals surface area contributed by atoms with Gasteiger partial charge in [0.25, 0.3) is 0 Å². The summed E-state index contributed by atoms with van der Waals surface area (Å²) in [5.41, 5.74) is 2.97. The van der Waals surface area contributed by atoms with Gasteiger partial charge in [-0.25, -0.2) is 0 Å². The molecule has 0 unspecified atom stereocenters. The second-order valence-corrected chi connectivity index (χ2v) is 5.95. The molecule has 3 aliphatic carbocycles. The van der Waals surface area contributed by atoms with Gasteiger partial charge in [0.2, 0.25) is 0 Å². The van der Waals surface area contributed by atoms with E-state index in [4.69, 9.17) is 23.2 Å². The van der Waals surface area contributed by atoms with E-state index in [-0.39, 0.29) is 0 Å². The number of fused-ring (bicyclic) bond motifs is 3. The van der Waals surface area contributed by atoms with Crippen LogP contribution in [0.2, 0.25) is 0 Å². The van der Waals surface area contributed by atoms with E-state index in [0.29, 0.717) is 11.8 Å². The molecule has 0 aromatic carbocycles. The minimum atomic E-state index is -0.442. The van der Waals surface area contributed by atoms with Crippen molar-refractivity contribution in [1.82, 2.24) is 0 Å². The Morgan fingerprint density at radius 1 is 1.00 bits per heavy atom. The van der Waals surface area contributed by atoms with Crippen LogP contribution in [0.25, 0.3) is 0 Å². The molecular formula is C12H12Cl2. The van der Waals surface area contributed by atoms with Crippen LogP contribution >= 0.6 is 23.2 Å². The van der Waals surface area contributed by atoms with E-state index in [1.165, 1.54) is 11.1 Å². The standard InChI is InChI=1S/C12H12Cl2/c13-12(14)10-6-8-3-1-2-4-9(5-8)7-11(10)12/h1-4,10-11H,5-7H2/t10-,11-/m0/s1. The average Bonchev–Trinajstić information content (AvgIpc) is 2.78. The summed E-state index contributed by atoms with van der Waals surface area (Å²) in [6.07, 6.45) is 12.0. The van der Waals surface area contributed by atoms with Gasteiger partial charge in [-0.05, 0) is 19.3 Å². The molecule has 0 aromatic rings. The molecule has 2 bridgehead atoms. The molecule has 0 aliphatic heterocycles. The van der Waals surface area contributed by atoms with Crippen molar-refractivity contribution in [2.45, 2.75) is 23.6 Å². The Morgan fingerprint density at radius 2 is 1.50 bits per heavy atom. The minimum absolute atomic E-state index is 0.442. The molecule has 3 aliphatic rings. The molecule has 74 valence electrons. The molecule has 0 radical (unpaired) electrons. The first-order valence-corrected chi connectivity index (χ1v) is 5.85. The van der Waals surface area contributed by atoms with E-state index < -0.39 is 4.33 Å². The number of hydrogen-bond acceptors (Lipinski definition) is 0. The molecule has 14 heavy (non-hydrogen) atoms. The van der Waals surface area contributed by atoms with E-state index in [2.05, 4.69) is 24.3 Å². The van der Waals surface area contributed by atoms with Crippen LogP contribution in [0.4, 0.5) is 0 Å². The Bertz CT molecular complexity index is 329. The van der Waals surface area contributed by atoms with Crippen molar-refractivity contribution in [3.05, 3.63) is 35.5 Å². The van der Waals surface area contributed by atoms with E-state index in [1.54, 1.807) is 0 Å². The zero-order chi connectivity index (χ0) is 9.76. The van der Waals surface area contributed by atoms with Crippen molar-refractivity contribution >= 4 is 23.2 Å². The number of halogens is 2. The lowest BCUT2D eigenvalue weighted by Gasteiger charge is -2.08. The van der Waals surface area contributed by atoms with Crippen LogP contribution in [0.5, 0.6) is 0 Å². The molecule has 0 amide bonds. The SMILES string of the molecule is ClC1(Cl)[C@H]2CC3=CC=CC=C(C3)C[C@@H]21. The highest BCUT2D eigenvalue weighted by molar-refractivity contribution is 6.51. The van der Waals surface area contributed by atoms with E-state index >= 15 is 0 Å². The van der Waals surface area contributed by atoms with Gasteiger partial charge in [-0.2, -0.15) is 0 Å². The smallest absolute Gasteiger partial charge is 0.101 e. The fourth-order valence-corrected chi connectivity index (χ4v) is 3.45. The van der Waals surface area contributed by atoms with Crippen molar-refractivity contribution in [1.29, 1.82) is 0 Å². The molecule has 2 atom stereocenters. The molecule has 0 heterocycles. The molecule has 0 nitrogen and oxygen atoms in total. The van der Waals surface area contributed by atoms with Crippen LogP contribution in [-0.4, -0.2) is 4.33 Å². The monoisotopic (exact) mass is 226 g/mol. The van der Waals surface area contributed by atoms with Crippen molar-refractivity contribution in [2.75, 3.05) is 0 Å². The lowest BCUT2D eigenvalue weighted by molar-refractivity contribution is 0.718. The zero-order valence-electron chi connectivity index (χ0n) is 7.84. The van der Waals surface area contributed by atoms with Gasteiger partial charge in [0.15, 0.2) is 0 Å². The van der Waals surface area contributed by atoms with Gasteiger partial charge >= 0.3 is 0 Å². The topological polar surface area (TPSA) is 0 Å². The fraction of sp³-hybridized carbons (Fsp3) is 0.500. The predicted molar refractivity (Wildman–Crippen MR) is 60.6 cm³/mol. The minimum Gasteiger partial charge on any atom is -0.101 e. The number of alkyl halides is 2. The third-order valence-corrected chi connectivity index (χ3v) is 4.68. The lowest BCUT2D eigenvalue weighted by Crippen LogP contribution is -1.97. The van der Waals surface area contributed by atoms with Crippen LogP contribution in [0.3, 0.4) is 0 Å². The summed E-state index contributed by atoms with van der Waals surface area (Å²) < 4.78 is -0.442. The Morgan fingerprint density at radius 3 is 2.00 bits per heavy atom. The maximum atomic E-state index is 6.24. The highest BCUT2D eigenvalue weighted by Gasteiger charge is 2.63. The molecule has 0 saturated heterocycles. The summed E-state index contributed by atoms with van der Waals surface area (Å²) in [4.78, 5) is 0. The summed E-state index contributed by atoms with van der Waals surface area (Å²) in [5.74, 6) is 0.990. The Hall–Kier alpha value is -0.200. The molecule has 2 heteroatoms. The maximum Gasteiger partial charge on any atom is 0.125 e. The van der Waals surface area contributed by atoms with E-state index in [9.17, 15) is 0 Å². The highest BCUT2D eigenvalue weighted by Crippen LogP contribution is 2.65. The Balaban J connectivity index is 1.95. The van der Waals surface area contributed by atoms with Gasteiger partial charge in [0.05, 0.1) is 0 Å². The third kappa shape index (κ3) is 1.28. The van der Waals surface area contributed by atoms with E-state index in [1.807, 2.05) is 0 Å². The maximum absolute atomic E-state index is 6.24. The van der Waals surface area contributed by atoms with Gasteiger partial charge < -0.3 is 0 Å². The number of allylic oxidation sites excluding steroid dienone is 6. The highest BCUT2D eigenvalue weighted by atomic mass is 35.5. The summed E-state index contributed by atoms with van der Waals surface area (Å²) in [7, 11) is 0. The molecule has 0 N–H and O–H groups in total. The molecular weight excluding hydrogens is 215 g/mol. The second-order valence-electron chi connectivity index (χ2n) is 4.51. The average molecular weight is 227 g/mol. The summed E-state index contributed by atoms with van der Waals surface area (Å²) >= 11 is 12.5. The Labute approximate surface area is 94.3 Å². The first kappa shape index (κ1) is 9.06. The largest absolute Gasteiger partial charge is 0.125 e. The van der Waals surface area contributed by atoms with Crippen molar-refractivity contribution in [2.24, 2.45) is 11.8 Å². The van der Waals surface area contributed by atoms with Crippen molar-refractivity contribution in [3.63, 3.8) is 0 Å². The summed E-state index contributed by atoms with van der Waals surface area (Å²) in [6, 6.07) is 0. The van der Waals surface area contributed by atoms with Gasteiger partial charge in [0.1, 0.15) is 4.33 Å². The molecule has 3 rings (SSSR count). The number of rotatable bonds is 0. The normalized spacial score (nSPS) is 37.6. The molecule has 2 fully saturated rings. The summed E-state index contributed by atoms with van der Waals surface area (Å²) in [6.45, 7) is 0. The van der Waals surface area contributed by atoms with Crippen LogP contribution in [0.1, 0.15) is 19.3 Å². The molecule has 2 saturated carbocycles. The Kier molecular flexibility index (Phi) is 1.87. The predicted octanol–water partition coefficient (Wildman–Crippen LogP) is 4.01. The molecule has 0 aromatic heterocycles. The van der Waals surface area contributed by atoms with Gasteiger partial charge in [-0.3, -0.25) is 0 Å². The van der Waals surface area contributed by atoms with Crippen LogP contribution < -0.4 is 0 Å². The fourth-order valence-electron chi connectivity index (χ4n) is 2.66. The van der Waals surface area contributed by atoms with Crippen molar-refractivity contribution < 1.29 is 0 Å². The van der Waals surface area contributed by atoms with Gasteiger partial charge in [-0.1, -0.05) is 35.5 Å².